The highest BCUT2D eigenvalue weighted by molar-refractivity contribution is 5.60. The monoisotopic (exact) mass is 290 g/mol. The fourth-order valence-electron chi connectivity index (χ4n) is 2.28. The summed E-state index contributed by atoms with van der Waals surface area (Å²) in [4.78, 5) is 8.68. The van der Waals surface area contributed by atoms with E-state index in [1.54, 1.807) is 13.3 Å². The van der Waals surface area contributed by atoms with Crippen molar-refractivity contribution in [1.29, 1.82) is 0 Å². The van der Waals surface area contributed by atoms with Gasteiger partial charge in [-0.2, -0.15) is 4.98 Å². The Morgan fingerprint density at radius 2 is 2.38 bits per heavy atom. The summed E-state index contributed by atoms with van der Waals surface area (Å²) >= 11 is 0. The lowest BCUT2D eigenvalue weighted by molar-refractivity contribution is 0.144. The van der Waals surface area contributed by atoms with Crippen LogP contribution in [0.2, 0.25) is 0 Å². The van der Waals surface area contributed by atoms with Gasteiger partial charge in [-0.25, -0.2) is 4.98 Å². The molecule has 1 aliphatic heterocycles. The van der Waals surface area contributed by atoms with Gasteiger partial charge in [0, 0.05) is 13.3 Å². The summed E-state index contributed by atoms with van der Waals surface area (Å²) in [6, 6.07) is 3.84. The number of hydrogen-bond donors (Lipinski definition) is 1. The first-order valence-corrected chi connectivity index (χ1v) is 7.02. The highest BCUT2D eigenvalue weighted by atomic mass is 16.5. The van der Waals surface area contributed by atoms with E-state index in [1.807, 2.05) is 12.1 Å². The van der Waals surface area contributed by atoms with Crippen LogP contribution in [-0.4, -0.2) is 42.0 Å². The Morgan fingerprint density at radius 1 is 1.43 bits per heavy atom. The molecule has 3 rings (SSSR count). The number of rotatable bonds is 6. The maximum Gasteiger partial charge on any atom is 0.244 e. The lowest BCUT2D eigenvalue weighted by atomic mass is 10.2. The van der Waals surface area contributed by atoms with Crippen molar-refractivity contribution in [3.63, 3.8) is 0 Å². The van der Waals surface area contributed by atoms with Crippen molar-refractivity contribution in [1.82, 2.24) is 20.4 Å². The summed E-state index contributed by atoms with van der Waals surface area (Å²) in [5.74, 6) is 1.61. The Morgan fingerprint density at radius 3 is 3.19 bits per heavy atom. The molecule has 0 radical (unpaired) electrons. The summed E-state index contributed by atoms with van der Waals surface area (Å²) < 4.78 is 15.9. The molecule has 3 heterocycles. The topological polar surface area (TPSA) is 82.3 Å². The van der Waals surface area contributed by atoms with E-state index in [4.69, 9.17) is 14.0 Å². The zero-order valence-electron chi connectivity index (χ0n) is 11.9. The molecule has 0 bridgehead atoms. The molecule has 2 aromatic heterocycles. The summed E-state index contributed by atoms with van der Waals surface area (Å²) in [6.45, 7) is 1.91. The van der Waals surface area contributed by atoms with Gasteiger partial charge in [0.25, 0.3) is 0 Å². The molecule has 2 aromatic rings. The molecule has 21 heavy (non-hydrogen) atoms. The average molecular weight is 290 g/mol. The van der Waals surface area contributed by atoms with Gasteiger partial charge in [0.2, 0.25) is 17.6 Å². The van der Waals surface area contributed by atoms with Crippen molar-refractivity contribution < 1.29 is 14.0 Å². The maximum atomic E-state index is 5.59. The first-order valence-electron chi connectivity index (χ1n) is 7.02. The molecule has 0 spiro atoms. The van der Waals surface area contributed by atoms with Crippen LogP contribution in [0.15, 0.2) is 22.9 Å². The lowest BCUT2D eigenvalue weighted by Crippen LogP contribution is -2.13. The number of nitrogens with zero attached hydrogens (tertiary/aromatic N) is 3. The van der Waals surface area contributed by atoms with Gasteiger partial charge in [-0.05, 0) is 31.5 Å². The predicted octanol–water partition coefficient (Wildman–Crippen LogP) is 1.58. The quantitative estimate of drug-likeness (QED) is 0.809. The second-order valence-electron chi connectivity index (χ2n) is 4.80. The van der Waals surface area contributed by atoms with Crippen LogP contribution in [0.5, 0.6) is 5.88 Å². The molecule has 1 saturated heterocycles. The molecule has 1 fully saturated rings. The van der Waals surface area contributed by atoms with Crippen molar-refractivity contribution >= 4 is 0 Å². The van der Waals surface area contributed by atoms with E-state index < -0.39 is 0 Å². The Labute approximate surface area is 122 Å². The number of methoxy groups -OCH3 is 1. The summed E-state index contributed by atoms with van der Waals surface area (Å²) in [5.41, 5.74) is 0.724. The number of ether oxygens (including phenoxy) is 2. The van der Waals surface area contributed by atoms with Crippen molar-refractivity contribution in [2.45, 2.75) is 18.9 Å². The van der Waals surface area contributed by atoms with Gasteiger partial charge >= 0.3 is 0 Å². The molecule has 0 amide bonds. The standard InChI is InChI=1S/C14H18N4O3/c1-19-8-9-20-13-10(4-2-7-16-13)12-17-14(21-18-12)11-5-3-6-15-11/h2,4,7,11,15H,3,5-6,8-9H2,1H3/t11-/m0/s1. The molecule has 1 aliphatic rings. The summed E-state index contributed by atoms with van der Waals surface area (Å²) in [5, 5.41) is 7.38. The molecule has 7 nitrogen and oxygen atoms in total. The average Bonchev–Trinajstić information content (AvgIpc) is 3.19. The fourth-order valence-corrected chi connectivity index (χ4v) is 2.28. The van der Waals surface area contributed by atoms with Crippen LogP contribution < -0.4 is 10.1 Å². The molecule has 7 heteroatoms. The van der Waals surface area contributed by atoms with Crippen LogP contribution in [0, 0.1) is 0 Å². The van der Waals surface area contributed by atoms with Crippen molar-refractivity contribution in [2.24, 2.45) is 0 Å². The number of hydrogen-bond acceptors (Lipinski definition) is 7. The number of pyridine rings is 1. The Bertz CT molecular complexity index is 581. The van der Waals surface area contributed by atoms with Crippen molar-refractivity contribution in [3.05, 3.63) is 24.2 Å². The largest absolute Gasteiger partial charge is 0.475 e. The van der Waals surface area contributed by atoms with E-state index in [2.05, 4.69) is 20.4 Å². The van der Waals surface area contributed by atoms with Crippen LogP contribution in [0.1, 0.15) is 24.8 Å². The minimum absolute atomic E-state index is 0.154. The molecule has 0 unspecified atom stereocenters. The zero-order chi connectivity index (χ0) is 14.5. The third-order valence-corrected chi connectivity index (χ3v) is 3.34. The Hall–Kier alpha value is -1.99. The summed E-state index contributed by atoms with van der Waals surface area (Å²) in [6.07, 6.45) is 3.82. The Balaban J connectivity index is 1.79. The molecule has 0 saturated carbocycles. The number of aromatic nitrogens is 3. The number of nitrogens with one attached hydrogen (secondary N) is 1. The molecule has 1 N–H and O–H groups in total. The van der Waals surface area contributed by atoms with Gasteiger partial charge in [0.05, 0.1) is 18.2 Å². The second-order valence-corrected chi connectivity index (χ2v) is 4.80. The minimum atomic E-state index is 0.154. The van der Waals surface area contributed by atoms with E-state index >= 15 is 0 Å². The van der Waals surface area contributed by atoms with E-state index in [-0.39, 0.29) is 6.04 Å². The van der Waals surface area contributed by atoms with Crippen LogP contribution in [0.25, 0.3) is 11.4 Å². The predicted molar refractivity (Wildman–Crippen MR) is 74.9 cm³/mol. The highest BCUT2D eigenvalue weighted by Crippen LogP contribution is 2.28. The molecule has 1 atom stereocenters. The van der Waals surface area contributed by atoms with Gasteiger partial charge in [0.15, 0.2) is 0 Å². The van der Waals surface area contributed by atoms with E-state index in [1.165, 1.54) is 0 Å². The molecule has 112 valence electrons. The first kappa shape index (κ1) is 14.0. The molecular weight excluding hydrogens is 272 g/mol. The van der Waals surface area contributed by atoms with Crippen molar-refractivity contribution in [2.75, 3.05) is 26.9 Å². The van der Waals surface area contributed by atoms with Gasteiger partial charge < -0.3 is 19.3 Å². The molecule has 0 aliphatic carbocycles. The van der Waals surface area contributed by atoms with Crippen LogP contribution in [-0.2, 0) is 4.74 Å². The fraction of sp³-hybridized carbons (Fsp3) is 0.500. The van der Waals surface area contributed by atoms with E-state index in [9.17, 15) is 0 Å². The van der Waals surface area contributed by atoms with Gasteiger partial charge in [-0.3, -0.25) is 0 Å². The normalized spacial score (nSPS) is 18.0. The molecular formula is C14H18N4O3. The van der Waals surface area contributed by atoms with Crippen LogP contribution in [0.4, 0.5) is 0 Å². The maximum absolute atomic E-state index is 5.59. The highest BCUT2D eigenvalue weighted by Gasteiger charge is 2.23. The third kappa shape index (κ3) is 3.20. The molecule has 0 aromatic carbocycles. The van der Waals surface area contributed by atoms with Gasteiger partial charge in [-0.15, -0.1) is 0 Å². The van der Waals surface area contributed by atoms with Crippen LogP contribution >= 0.6 is 0 Å². The smallest absolute Gasteiger partial charge is 0.244 e. The zero-order valence-corrected chi connectivity index (χ0v) is 11.9. The Kier molecular flexibility index (Phi) is 4.42. The second kappa shape index (κ2) is 6.64. The SMILES string of the molecule is COCCOc1ncccc1-c1noc([C@@H]2CCCN2)n1. The lowest BCUT2D eigenvalue weighted by Gasteiger charge is -2.07. The van der Waals surface area contributed by atoms with Gasteiger partial charge in [0.1, 0.15) is 6.61 Å². The minimum Gasteiger partial charge on any atom is -0.475 e. The van der Waals surface area contributed by atoms with Crippen LogP contribution in [0.3, 0.4) is 0 Å². The van der Waals surface area contributed by atoms with Gasteiger partial charge in [-0.1, -0.05) is 5.16 Å². The third-order valence-electron chi connectivity index (χ3n) is 3.34. The first-order chi connectivity index (χ1) is 10.4. The van der Waals surface area contributed by atoms with Crippen molar-refractivity contribution in [3.8, 4) is 17.3 Å². The van der Waals surface area contributed by atoms with E-state index in [0.29, 0.717) is 30.8 Å². The summed E-state index contributed by atoms with van der Waals surface area (Å²) in [7, 11) is 1.63. The van der Waals surface area contributed by atoms with E-state index in [0.717, 1.165) is 24.9 Å².